The molecule has 1 aliphatic carbocycles. The van der Waals surface area contributed by atoms with Gasteiger partial charge in [-0.1, -0.05) is 0 Å². The quantitative estimate of drug-likeness (QED) is 0.893. The molecule has 1 unspecified atom stereocenters. The first-order valence-corrected chi connectivity index (χ1v) is 7.79. The summed E-state index contributed by atoms with van der Waals surface area (Å²) in [6, 6.07) is 3.76. The predicted octanol–water partition coefficient (Wildman–Crippen LogP) is 1.52. The van der Waals surface area contributed by atoms with E-state index in [1.54, 1.807) is 18.1 Å². The Labute approximate surface area is 125 Å². The van der Waals surface area contributed by atoms with Gasteiger partial charge in [0.25, 0.3) is 5.91 Å². The second-order valence-corrected chi connectivity index (χ2v) is 6.19. The van der Waals surface area contributed by atoms with Crippen molar-refractivity contribution in [2.24, 2.45) is 5.92 Å². The van der Waals surface area contributed by atoms with E-state index in [2.05, 4.69) is 9.88 Å². The van der Waals surface area contributed by atoms with Crippen LogP contribution in [-0.4, -0.2) is 53.7 Å². The number of carbonyl (C=O) groups is 1. The van der Waals surface area contributed by atoms with Crippen molar-refractivity contribution in [3.8, 4) is 0 Å². The van der Waals surface area contributed by atoms with Crippen molar-refractivity contribution >= 4 is 11.7 Å². The first-order chi connectivity index (χ1) is 10.1. The SMILES string of the molecule is CN(CC(O)C1CC1)C(=O)c1ccc(N2CCCC2)nc1. The molecule has 1 aromatic heterocycles. The monoisotopic (exact) mass is 289 g/mol. The fraction of sp³-hybridized carbons (Fsp3) is 0.625. The van der Waals surface area contributed by atoms with Gasteiger partial charge in [-0.3, -0.25) is 4.79 Å². The Hall–Kier alpha value is -1.62. The maximum absolute atomic E-state index is 12.3. The smallest absolute Gasteiger partial charge is 0.255 e. The molecular formula is C16H23N3O2. The van der Waals surface area contributed by atoms with E-state index in [-0.39, 0.29) is 5.91 Å². The molecule has 1 N–H and O–H groups in total. The summed E-state index contributed by atoms with van der Waals surface area (Å²) in [6.07, 6.45) is 5.84. The van der Waals surface area contributed by atoms with Gasteiger partial charge < -0.3 is 14.9 Å². The number of pyridine rings is 1. The van der Waals surface area contributed by atoms with Crippen LogP contribution >= 0.6 is 0 Å². The van der Waals surface area contributed by atoms with Crippen molar-refractivity contribution in [3.63, 3.8) is 0 Å². The molecule has 1 aliphatic heterocycles. The zero-order valence-corrected chi connectivity index (χ0v) is 12.5. The highest BCUT2D eigenvalue weighted by atomic mass is 16.3. The van der Waals surface area contributed by atoms with Crippen LogP contribution in [0.3, 0.4) is 0 Å². The summed E-state index contributed by atoms with van der Waals surface area (Å²) < 4.78 is 0. The normalized spacial score (nSPS) is 19.6. The van der Waals surface area contributed by atoms with Gasteiger partial charge in [-0.15, -0.1) is 0 Å². The number of rotatable bonds is 5. The van der Waals surface area contributed by atoms with Crippen molar-refractivity contribution < 1.29 is 9.90 Å². The van der Waals surface area contributed by atoms with Gasteiger partial charge in [0.2, 0.25) is 0 Å². The second-order valence-electron chi connectivity index (χ2n) is 6.19. The van der Waals surface area contributed by atoms with E-state index in [1.165, 1.54) is 12.8 Å². The molecule has 3 rings (SSSR count). The lowest BCUT2D eigenvalue weighted by Crippen LogP contribution is -2.35. The zero-order valence-electron chi connectivity index (χ0n) is 12.5. The van der Waals surface area contributed by atoms with Gasteiger partial charge in [0.1, 0.15) is 5.82 Å². The van der Waals surface area contributed by atoms with Crippen LogP contribution < -0.4 is 4.90 Å². The topological polar surface area (TPSA) is 56.7 Å². The summed E-state index contributed by atoms with van der Waals surface area (Å²) in [5, 5.41) is 9.93. The Morgan fingerprint density at radius 3 is 2.71 bits per heavy atom. The summed E-state index contributed by atoms with van der Waals surface area (Å²) in [5.74, 6) is 1.26. The van der Waals surface area contributed by atoms with Gasteiger partial charge in [-0.05, 0) is 43.7 Å². The van der Waals surface area contributed by atoms with Crippen molar-refractivity contribution in [2.75, 3.05) is 31.6 Å². The van der Waals surface area contributed by atoms with E-state index < -0.39 is 6.10 Å². The Bertz CT molecular complexity index is 493. The summed E-state index contributed by atoms with van der Waals surface area (Å²) in [4.78, 5) is 20.6. The van der Waals surface area contributed by atoms with Crippen LogP contribution in [0.25, 0.3) is 0 Å². The van der Waals surface area contributed by atoms with E-state index in [1.807, 2.05) is 12.1 Å². The Balaban J connectivity index is 1.60. The van der Waals surface area contributed by atoms with Crippen LogP contribution in [0.5, 0.6) is 0 Å². The van der Waals surface area contributed by atoms with Gasteiger partial charge in [-0.25, -0.2) is 4.98 Å². The number of anilines is 1. The van der Waals surface area contributed by atoms with E-state index >= 15 is 0 Å². The number of nitrogens with zero attached hydrogens (tertiary/aromatic N) is 3. The van der Waals surface area contributed by atoms with E-state index in [0.29, 0.717) is 18.0 Å². The molecule has 0 bridgehead atoms. The maximum atomic E-state index is 12.3. The van der Waals surface area contributed by atoms with Gasteiger partial charge >= 0.3 is 0 Å². The first-order valence-electron chi connectivity index (χ1n) is 7.79. The molecule has 1 aromatic rings. The zero-order chi connectivity index (χ0) is 14.8. The van der Waals surface area contributed by atoms with Gasteiger partial charge in [0.05, 0.1) is 11.7 Å². The number of hydrogen-bond acceptors (Lipinski definition) is 4. The maximum Gasteiger partial charge on any atom is 0.255 e. The van der Waals surface area contributed by atoms with Crippen molar-refractivity contribution in [3.05, 3.63) is 23.9 Å². The fourth-order valence-electron chi connectivity index (χ4n) is 2.86. The molecule has 1 saturated heterocycles. The lowest BCUT2D eigenvalue weighted by molar-refractivity contribution is 0.0645. The van der Waals surface area contributed by atoms with Gasteiger partial charge in [0, 0.05) is 32.9 Å². The Morgan fingerprint density at radius 1 is 1.43 bits per heavy atom. The van der Waals surface area contributed by atoms with Crippen molar-refractivity contribution in [1.82, 2.24) is 9.88 Å². The van der Waals surface area contributed by atoms with Crippen LogP contribution in [0.4, 0.5) is 5.82 Å². The van der Waals surface area contributed by atoms with Gasteiger partial charge in [0.15, 0.2) is 0 Å². The van der Waals surface area contributed by atoms with E-state index in [4.69, 9.17) is 0 Å². The summed E-state index contributed by atoms with van der Waals surface area (Å²) in [6.45, 7) is 2.50. The Morgan fingerprint density at radius 2 is 2.14 bits per heavy atom. The van der Waals surface area contributed by atoms with Crippen LogP contribution in [0, 0.1) is 5.92 Å². The summed E-state index contributed by atoms with van der Waals surface area (Å²) in [5.41, 5.74) is 0.587. The van der Waals surface area contributed by atoms with Crippen molar-refractivity contribution in [1.29, 1.82) is 0 Å². The fourth-order valence-corrected chi connectivity index (χ4v) is 2.86. The number of carbonyl (C=O) groups excluding carboxylic acids is 1. The van der Waals surface area contributed by atoms with Crippen molar-refractivity contribution in [2.45, 2.75) is 31.8 Å². The van der Waals surface area contributed by atoms with E-state index in [0.717, 1.165) is 31.7 Å². The van der Waals surface area contributed by atoms with Crippen LogP contribution in [0.1, 0.15) is 36.0 Å². The number of amides is 1. The molecule has 0 radical (unpaired) electrons. The van der Waals surface area contributed by atoms with Crippen LogP contribution in [-0.2, 0) is 0 Å². The summed E-state index contributed by atoms with van der Waals surface area (Å²) >= 11 is 0. The average molecular weight is 289 g/mol. The molecule has 2 heterocycles. The van der Waals surface area contributed by atoms with Gasteiger partial charge in [-0.2, -0.15) is 0 Å². The molecular weight excluding hydrogens is 266 g/mol. The third-order valence-electron chi connectivity index (χ3n) is 4.40. The number of aliphatic hydroxyl groups is 1. The minimum absolute atomic E-state index is 0.0739. The number of hydrogen-bond donors (Lipinski definition) is 1. The third kappa shape index (κ3) is 3.35. The largest absolute Gasteiger partial charge is 0.391 e. The molecule has 21 heavy (non-hydrogen) atoms. The lowest BCUT2D eigenvalue weighted by atomic mass is 10.2. The number of aliphatic hydroxyl groups excluding tert-OH is 1. The average Bonchev–Trinajstić information content (AvgIpc) is 3.22. The Kier molecular flexibility index (Phi) is 4.10. The standard InChI is InChI=1S/C16H23N3O2/c1-18(11-14(20)12-4-5-12)16(21)13-6-7-15(17-10-13)19-8-2-3-9-19/h6-7,10,12,14,20H,2-5,8-9,11H2,1H3. The minimum Gasteiger partial charge on any atom is -0.391 e. The second kappa shape index (κ2) is 6.02. The molecule has 114 valence electrons. The molecule has 1 amide bonds. The summed E-state index contributed by atoms with van der Waals surface area (Å²) in [7, 11) is 1.74. The molecule has 2 fully saturated rings. The molecule has 5 heteroatoms. The first kappa shape index (κ1) is 14.3. The lowest BCUT2D eigenvalue weighted by Gasteiger charge is -2.21. The third-order valence-corrected chi connectivity index (χ3v) is 4.40. The minimum atomic E-state index is -0.393. The highest BCUT2D eigenvalue weighted by Crippen LogP contribution is 2.32. The molecule has 2 aliphatic rings. The van der Waals surface area contributed by atoms with Crippen LogP contribution in [0.2, 0.25) is 0 Å². The molecule has 0 aromatic carbocycles. The molecule has 1 atom stereocenters. The highest BCUT2D eigenvalue weighted by Gasteiger charge is 2.31. The number of likely N-dealkylation sites (N-methyl/N-ethyl adjacent to an activating group) is 1. The van der Waals surface area contributed by atoms with Crippen LogP contribution in [0.15, 0.2) is 18.3 Å². The van der Waals surface area contributed by atoms with E-state index in [9.17, 15) is 9.90 Å². The highest BCUT2D eigenvalue weighted by molar-refractivity contribution is 5.93. The number of aromatic nitrogens is 1. The molecule has 1 saturated carbocycles. The molecule has 5 nitrogen and oxygen atoms in total. The molecule has 0 spiro atoms. The predicted molar refractivity (Wildman–Crippen MR) is 81.4 cm³/mol.